The number of nitrogens with zero attached hydrogens (tertiary/aromatic N) is 1. The maximum atomic E-state index is 9.55. The van der Waals surface area contributed by atoms with Crippen molar-refractivity contribution < 1.29 is 24.5 Å². The van der Waals surface area contributed by atoms with Gasteiger partial charge in [-0.15, -0.1) is 0 Å². The number of aliphatic carboxylic acids is 2. The third kappa shape index (κ3) is 5.67. The Morgan fingerprint density at radius 1 is 1.14 bits per heavy atom. The molecule has 0 amide bonds. The molecule has 3 rings (SSSR count). The molecule has 0 spiro atoms. The molecule has 6 heteroatoms. The van der Waals surface area contributed by atoms with E-state index < -0.39 is 11.9 Å². The minimum Gasteiger partial charge on any atom is -0.478 e. The number of carboxylic acid groups (broad SMARTS) is 2. The SMILES string of the molecule is O=C(O)/C=C/C(=O)O.c1ccc(CN2CCC3OC3C2)cc1. The number of epoxide rings is 1. The van der Waals surface area contributed by atoms with Crippen molar-refractivity contribution in [1.29, 1.82) is 0 Å². The lowest BCUT2D eigenvalue weighted by molar-refractivity contribution is -0.134. The van der Waals surface area contributed by atoms with E-state index in [0.717, 1.165) is 13.1 Å². The molecular formula is C16H19NO5. The molecule has 0 saturated carbocycles. The van der Waals surface area contributed by atoms with Crippen molar-refractivity contribution in [2.24, 2.45) is 0 Å². The topological polar surface area (TPSA) is 90.4 Å². The summed E-state index contributed by atoms with van der Waals surface area (Å²) in [7, 11) is 0. The van der Waals surface area contributed by atoms with Gasteiger partial charge in [-0.05, 0) is 12.0 Å². The number of benzene rings is 1. The maximum Gasteiger partial charge on any atom is 0.328 e. The van der Waals surface area contributed by atoms with E-state index in [1.165, 1.54) is 18.5 Å². The van der Waals surface area contributed by atoms with Gasteiger partial charge in [-0.3, -0.25) is 4.90 Å². The van der Waals surface area contributed by atoms with Gasteiger partial charge in [-0.25, -0.2) is 9.59 Å². The molecule has 0 aliphatic carbocycles. The number of ether oxygens (including phenoxy) is 1. The molecule has 1 aromatic rings. The second kappa shape index (κ2) is 7.72. The van der Waals surface area contributed by atoms with Crippen LogP contribution in [0.25, 0.3) is 0 Å². The maximum absolute atomic E-state index is 9.55. The Kier molecular flexibility index (Phi) is 5.68. The summed E-state index contributed by atoms with van der Waals surface area (Å²) in [6, 6.07) is 10.7. The minimum absolute atomic E-state index is 0.549. The van der Waals surface area contributed by atoms with E-state index in [9.17, 15) is 9.59 Å². The normalized spacial score (nSPS) is 23.3. The van der Waals surface area contributed by atoms with Crippen molar-refractivity contribution >= 4 is 11.9 Å². The summed E-state index contributed by atoms with van der Waals surface area (Å²) in [6.07, 6.45) is 3.48. The largest absolute Gasteiger partial charge is 0.478 e. The Morgan fingerprint density at radius 3 is 2.32 bits per heavy atom. The first-order valence-electron chi connectivity index (χ1n) is 7.10. The van der Waals surface area contributed by atoms with Crippen LogP contribution in [0.3, 0.4) is 0 Å². The van der Waals surface area contributed by atoms with Crippen molar-refractivity contribution in [1.82, 2.24) is 4.90 Å². The number of piperidine rings is 1. The van der Waals surface area contributed by atoms with Crippen LogP contribution in [0.15, 0.2) is 42.5 Å². The zero-order chi connectivity index (χ0) is 15.9. The molecule has 1 aromatic carbocycles. The van der Waals surface area contributed by atoms with E-state index in [2.05, 4.69) is 35.2 Å². The van der Waals surface area contributed by atoms with E-state index in [0.29, 0.717) is 24.4 Å². The summed E-state index contributed by atoms with van der Waals surface area (Å²) in [6.45, 7) is 3.39. The highest BCUT2D eigenvalue weighted by molar-refractivity contribution is 5.89. The van der Waals surface area contributed by atoms with E-state index >= 15 is 0 Å². The van der Waals surface area contributed by atoms with E-state index in [1.54, 1.807) is 0 Å². The van der Waals surface area contributed by atoms with E-state index in [-0.39, 0.29) is 0 Å². The molecule has 2 fully saturated rings. The van der Waals surface area contributed by atoms with Crippen LogP contribution < -0.4 is 0 Å². The second-order valence-electron chi connectivity index (χ2n) is 5.23. The van der Waals surface area contributed by atoms with E-state index in [4.69, 9.17) is 14.9 Å². The van der Waals surface area contributed by atoms with E-state index in [1.807, 2.05) is 0 Å². The molecule has 2 aliphatic heterocycles. The smallest absolute Gasteiger partial charge is 0.328 e. The van der Waals surface area contributed by atoms with Gasteiger partial charge in [0, 0.05) is 31.8 Å². The van der Waals surface area contributed by atoms with Crippen LogP contribution in [0.4, 0.5) is 0 Å². The van der Waals surface area contributed by atoms with Gasteiger partial charge in [0.05, 0.1) is 12.2 Å². The fourth-order valence-electron chi connectivity index (χ4n) is 2.38. The summed E-state index contributed by atoms with van der Waals surface area (Å²) < 4.78 is 5.50. The highest BCUT2D eigenvalue weighted by Gasteiger charge is 2.42. The van der Waals surface area contributed by atoms with Gasteiger partial charge in [-0.1, -0.05) is 30.3 Å². The molecule has 2 heterocycles. The molecule has 6 nitrogen and oxygen atoms in total. The lowest BCUT2D eigenvalue weighted by atomic mass is 10.1. The number of hydrogen-bond acceptors (Lipinski definition) is 4. The van der Waals surface area contributed by atoms with Crippen molar-refractivity contribution in [2.75, 3.05) is 13.1 Å². The number of carbonyl (C=O) groups is 2. The van der Waals surface area contributed by atoms with Crippen molar-refractivity contribution in [3.63, 3.8) is 0 Å². The summed E-state index contributed by atoms with van der Waals surface area (Å²) >= 11 is 0. The fraction of sp³-hybridized carbons (Fsp3) is 0.375. The van der Waals surface area contributed by atoms with Crippen LogP contribution in [0.1, 0.15) is 12.0 Å². The van der Waals surface area contributed by atoms with Crippen LogP contribution >= 0.6 is 0 Å². The monoisotopic (exact) mass is 305 g/mol. The Morgan fingerprint density at radius 2 is 1.77 bits per heavy atom. The summed E-state index contributed by atoms with van der Waals surface area (Å²) in [5, 5.41) is 15.6. The zero-order valence-electron chi connectivity index (χ0n) is 12.1. The molecule has 118 valence electrons. The minimum atomic E-state index is -1.26. The quantitative estimate of drug-likeness (QED) is 0.645. The molecule has 2 unspecified atom stereocenters. The predicted molar refractivity (Wildman–Crippen MR) is 79.4 cm³/mol. The van der Waals surface area contributed by atoms with Gasteiger partial charge in [0.1, 0.15) is 0 Å². The molecule has 0 aromatic heterocycles. The van der Waals surface area contributed by atoms with Gasteiger partial charge >= 0.3 is 11.9 Å². The van der Waals surface area contributed by atoms with Gasteiger partial charge in [0.15, 0.2) is 0 Å². The lowest BCUT2D eigenvalue weighted by Crippen LogP contribution is -2.33. The van der Waals surface area contributed by atoms with Crippen LogP contribution in [-0.2, 0) is 20.9 Å². The number of carboxylic acids is 2. The first-order chi connectivity index (χ1) is 10.5. The molecule has 2 saturated heterocycles. The summed E-state index contributed by atoms with van der Waals surface area (Å²) in [4.78, 5) is 21.6. The van der Waals surface area contributed by atoms with Gasteiger partial charge in [0.2, 0.25) is 0 Å². The molecule has 2 atom stereocenters. The first-order valence-corrected chi connectivity index (χ1v) is 7.10. The number of likely N-dealkylation sites (tertiary alicyclic amines) is 1. The molecule has 2 aliphatic rings. The lowest BCUT2D eigenvalue weighted by Gasteiger charge is -2.23. The Hall–Kier alpha value is -2.18. The predicted octanol–water partition coefficient (Wildman–Crippen LogP) is 1.37. The average molecular weight is 305 g/mol. The molecule has 0 radical (unpaired) electrons. The Balaban J connectivity index is 0.000000192. The number of hydrogen-bond donors (Lipinski definition) is 2. The summed E-state index contributed by atoms with van der Waals surface area (Å²) in [5.74, 6) is -2.51. The van der Waals surface area contributed by atoms with Gasteiger partial charge in [-0.2, -0.15) is 0 Å². The fourth-order valence-corrected chi connectivity index (χ4v) is 2.38. The molecule has 2 N–H and O–H groups in total. The highest BCUT2D eigenvalue weighted by atomic mass is 16.6. The van der Waals surface area contributed by atoms with Crippen molar-refractivity contribution in [2.45, 2.75) is 25.2 Å². The molecular weight excluding hydrogens is 286 g/mol. The summed E-state index contributed by atoms with van der Waals surface area (Å²) in [5.41, 5.74) is 1.41. The van der Waals surface area contributed by atoms with Crippen molar-refractivity contribution in [3.05, 3.63) is 48.0 Å². The van der Waals surface area contributed by atoms with Crippen LogP contribution in [0.5, 0.6) is 0 Å². The number of rotatable bonds is 4. The average Bonchev–Trinajstić information content (AvgIpc) is 3.25. The van der Waals surface area contributed by atoms with Crippen LogP contribution in [-0.4, -0.2) is 52.3 Å². The Labute approximate surface area is 128 Å². The zero-order valence-corrected chi connectivity index (χ0v) is 12.1. The van der Waals surface area contributed by atoms with Crippen LogP contribution in [0, 0.1) is 0 Å². The number of fused-ring (bicyclic) bond motifs is 1. The second-order valence-corrected chi connectivity index (χ2v) is 5.23. The van der Waals surface area contributed by atoms with Gasteiger partial charge in [0.25, 0.3) is 0 Å². The standard InChI is InChI=1S/C12H15NO.C4H4O4/c1-2-4-10(5-3-1)8-13-7-6-11-12(9-13)14-11;5-3(6)1-2-4(7)8/h1-5,11-12H,6-9H2;1-2H,(H,5,6)(H,7,8)/b;2-1+. The highest BCUT2D eigenvalue weighted by Crippen LogP contribution is 2.31. The third-order valence-corrected chi connectivity index (χ3v) is 3.47. The van der Waals surface area contributed by atoms with Crippen LogP contribution in [0.2, 0.25) is 0 Å². The molecule has 0 bridgehead atoms. The van der Waals surface area contributed by atoms with Crippen molar-refractivity contribution in [3.8, 4) is 0 Å². The Bertz CT molecular complexity index is 527. The molecule has 22 heavy (non-hydrogen) atoms. The van der Waals surface area contributed by atoms with Gasteiger partial charge < -0.3 is 14.9 Å². The first kappa shape index (κ1) is 16.2. The third-order valence-electron chi connectivity index (χ3n) is 3.47.